The Morgan fingerprint density at radius 1 is 1.23 bits per heavy atom. The molecule has 168 valence electrons. The summed E-state index contributed by atoms with van der Waals surface area (Å²) in [6, 6.07) is 3.63. The molecule has 2 aromatic rings. The Morgan fingerprint density at radius 2 is 2.00 bits per heavy atom. The van der Waals surface area contributed by atoms with E-state index in [1.165, 1.54) is 11.8 Å². The first-order chi connectivity index (χ1) is 15.0. The van der Waals surface area contributed by atoms with Crippen molar-refractivity contribution in [2.75, 3.05) is 39.3 Å². The minimum atomic E-state index is -0.0126. The Morgan fingerprint density at radius 3 is 2.68 bits per heavy atom. The first kappa shape index (κ1) is 23.3. The number of unbranched alkanes of at least 4 members (excludes halogenated alkanes) is 1. The van der Waals surface area contributed by atoms with E-state index in [1.807, 2.05) is 24.8 Å². The number of nitrogens with zero attached hydrogens (tertiary/aromatic N) is 4. The molecule has 9 heteroatoms. The summed E-state index contributed by atoms with van der Waals surface area (Å²) in [4.78, 5) is 33.6. The normalized spacial score (nSPS) is 14.6. The summed E-state index contributed by atoms with van der Waals surface area (Å²) in [7, 11) is 0. The van der Waals surface area contributed by atoms with Gasteiger partial charge in [-0.1, -0.05) is 18.5 Å². The van der Waals surface area contributed by atoms with Crippen LogP contribution in [-0.2, 0) is 10.5 Å². The molecule has 8 nitrogen and oxygen atoms in total. The number of hydrogen-bond donors (Lipinski definition) is 1. The number of aryl methyl sites for hydroxylation is 2. The van der Waals surface area contributed by atoms with Crippen molar-refractivity contribution < 1.29 is 14.1 Å². The van der Waals surface area contributed by atoms with Crippen LogP contribution < -0.4 is 5.32 Å². The maximum absolute atomic E-state index is 13.2. The van der Waals surface area contributed by atoms with E-state index in [0.29, 0.717) is 49.1 Å². The van der Waals surface area contributed by atoms with E-state index in [1.54, 1.807) is 12.3 Å². The van der Waals surface area contributed by atoms with E-state index in [9.17, 15) is 9.59 Å². The Bertz CT molecular complexity index is 874. The average molecular weight is 446 g/mol. The number of carbonyl (C=O) groups is 2. The smallest absolute Gasteiger partial charge is 0.256 e. The van der Waals surface area contributed by atoms with Gasteiger partial charge in [0.1, 0.15) is 10.8 Å². The molecular weight excluding hydrogens is 414 g/mol. The molecule has 1 aliphatic rings. The second-order valence-corrected chi connectivity index (χ2v) is 8.68. The third-order valence-electron chi connectivity index (χ3n) is 5.42. The predicted molar refractivity (Wildman–Crippen MR) is 120 cm³/mol. The zero-order valence-corrected chi connectivity index (χ0v) is 19.3. The molecule has 3 rings (SSSR count). The van der Waals surface area contributed by atoms with E-state index >= 15 is 0 Å². The zero-order chi connectivity index (χ0) is 22.2. The number of thioether (sulfide) groups is 1. The van der Waals surface area contributed by atoms with E-state index < -0.39 is 0 Å². The summed E-state index contributed by atoms with van der Waals surface area (Å²) in [5.41, 5.74) is 2.52. The fraction of sp³-hybridized carbons (Fsp3) is 0.545. The van der Waals surface area contributed by atoms with Crippen molar-refractivity contribution in [2.45, 2.75) is 44.4 Å². The van der Waals surface area contributed by atoms with Crippen molar-refractivity contribution in [3.63, 3.8) is 0 Å². The number of pyridine rings is 1. The molecule has 0 unspecified atom stereocenters. The largest absolute Gasteiger partial charge is 0.361 e. The van der Waals surface area contributed by atoms with Gasteiger partial charge in [0.15, 0.2) is 0 Å². The van der Waals surface area contributed by atoms with Gasteiger partial charge in [-0.15, -0.1) is 11.8 Å². The monoisotopic (exact) mass is 445 g/mol. The maximum Gasteiger partial charge on any atom is 0.256 e. The molecule has 0 radical (unpaired) electrons. The molecule has 2 aromatic heterocycles. The number of nitrogens with one attached hydrogen (secondary N) is 1. The minimum Gasteiger partial charge on any atom is -0.361 e. The van der Waals surface area contributed by atoms with Crippen LogP contribution in [0.25, 0.3) is 0 Å². The summed E-state index contributed by atoms with van der Waals surface area (Å²) in [5, 5.41) is 7.65. The first-order valence-corrected chi connectivity index (χ1v) is 11.8. The van der Waals surface area contributed by atoms with E-state index in [2.05, 4.69) is 27.3 Å². The minimum absolute atomic E-state index is 0.0126. The first-order valence-electron chi connectivity index (χ1n) is 10.8. The Labute approximate surface area is 187 Å². The van der Waals surface area contributed by atoms with Crippen LogP contribution in [0, 0.1) is 13.8 Å². The summed E-state index contributed by atoms with van der Waals surface area (Å²) >= 11 is 1.52. The lowest BCUT2D eigenvalue weighted by Crippen LogP contribution is -2.51. The fourth-order valence-corrected chi connectivity index (χ4v) is 4.60. The number of carbonyl (C=O) groups excluding carboxylic acids is 2. The summed E-state index contributed by atoms with van der Waals surface area (Å²) in [5.74, 6) is 1.49. The number of rotatable bonds is 9. The summed E-state index contributed by atoms with van der Waals surface area (Å²) < 4.78 is 5.23. The van der Waals surface area contributed by atoms with Crippen LogP contribution in [0.5, 0.6) is 0 Å². The molecule has 1 N–H and O–H groups in total. The highest BCUT2D eigenvalue weighted by Gasteiger charge is 2.25. The lowest BCUT2D eigenvalue weighted by Gasteiger charge is -2.34. The van der Waals surface area contributed by atoms with Crippen LogP contribution in [0.3, 0.4) is 0 Å². The van der Waals surface area contributed by atoms with Gasteiger partial charge in [0, 0.05) is 50.2 Å². The van der Waals surface area contributed by atoms with Gasteiger partial charge < -0.3 is 14.7 Å². The molecule has 2 amide bonds. The number of amides is 2. The molecule has 0 atom stereocenters. The van der Waals surface area contributed by atoms with Crippen molar-refractivity contribution in [1.82, 2.24) is 25.3 Å². The highest BCUT2D eigenvalue weighted by molar-refractivity contribution is 7.98. The molecular formula is C22H31N5O3S. The Kier molecular flexibility index (Phi) is 8.48. The zero-order valence-electron chi connectivity index (χ0n) is 18.5. The van der Waals surface area contributed by atoms with Gasteiger partial charge >= 0.3 is 0 Å². The van der Waals surface area contributed by atoms with Crippen LogP contribution in [0.1, 0.15) is 47.1 Å². The third-order valence-corrected chi connectivity index (χ3v) is 6.45. The average Bonchev–Trinajstić information content (AvgIpc) is 3.10. The maximum atomic E-state index is 13.2. The molecule has 1 fully saturated rings. The van der Waals surface area contributed by atoms with E-state index in [4.69, 9.17) is 4.52 Å². The van der Waals surface area contributed by atoms with Crippen LogP contribution in [0.4, 0.5) is 0 Å². The van der Waals surface area contributed by atoms with E-state index in [-0.39, 0.29) is 11.8 Å². The van der Waals surface area contributed by atoms with Gasteiger partial charge in [0.2, 0.25) is 5.91 Å². The molecule has 0 aromatic carbocycles. The van der Waals surface area contributed by atoms with Crippen molar-refractivity contribution >= 4 is 23.6 Å². The topological polar surface area (TPSA) is 91.6 Å². The highest BCUT2D eigenvalue weighted by Crippen LogP contribution is 2.28. The lowest BCUT2D eigenvalue weighted by molar-refractivity contribution is -0.122. The number of piperazine rings is 1. The number of hydrogen-bond acceptors (Lipinski definition) is 7. The second-order valence-electron chi connectivity index (χ2n) is 7.72. The lowest BCUT2D eigenvalue weighted by atomic mass is 10.2. The molecule has 0 aliphatic carbocycles. The molecule has 1 saturated heterocycles. The molecule has 0 spiro atoms. The third kappa shape index (κ3) is 6.30. The Hall–Kier alpha value is -2.39. The van der Waals surface area contributed by atoms with Crippen molar-refractivity contribution in [3.05, 3.63) is 40.9 Å². The van der Waals surface area contributed by atoms with Gasteiger partial charge in [-0.05, 0) is 32.4 Å². The van der Waals surface area contributed by atoms with Crippen molar-refractivity contribution in [3.8, 4) is 0 Å². The molecule has 3 heterocycles. The molecule has 0 bridgehead atoms. The predicted octanol–water partition coefficient (Wildman–Crippen LogP) is 2.65. The van der Waals surface area contributed by atoms with Gasteiger partial charge in [-0.3, -0.25) is 14.5 Å². The molecule has 0 saturated carbocycles. The van der Waals surface area contributed by atoms with Crippen molar-refractivity contribution in [2.24, 2.45) is 0 Å². The standard InChI is InChI=1S/C22H31N5O3S/c1-4-5-8-23-20(28)14-26-10-12-27(13-11-26)22(29)18-7-6-9-24-21(18)31-15-19-16(2)25-30-17(19)3/h6-7,9H,4-5,8,10-15H2,1-3H3,(H,23,28). The SMILES string of the molecule is CCCCNC(=O)CN1CCN(C(=O)c2cccnc2SCc2c(C)noc2C)CC1. The van der Waals surface area contributed by atoms with E-state index in [0.717, 1.165) is 36.4 Å². The quantitative estimate of drug-likeness (QED) is 0.469. The molecule has 31 heavy (non-hydrogen) atoms. The summed E-state index contributed by atoms with van der Waals surface area (Å²) in [6.45, 7) is 9.60. The molecule has 1 aliphatic heterocycles. The summed E-state index contributed by atoms with van der Waals surface area (Å²) in [6.07, 6.45) is 3.77. The Balaban J connectivity index is 1.55. The van der Waals surface area contributed by atoms with Gasteiger partial charge in [-0.25, -0.2) is 4.98 Å². The van der Waals surface area contributed by atoms with Crippen LogP contribution in [-0.4, -0.2) is 71.0 Å². The number of aromatic nitrogens is 2. The highest BCUT2D eigenvalue weighted by atomic mass is 32.2. The second kappa shape index (κ2) is 11.3. The fourth-order valence-electron chi connectivity index (χ4n) is 3.46. The van der Waals surface area contributed by atoms with Crippen molar-refractivity contribution in [1.29, 1.82) is 0 Å². The van der Waals surface area contributed by atoms with Gasteiger partial charge in [0.25, 0.3) is 5.91 Å². The van der Waals surface area contributed by atoms with Crippen LogP contribution >= 0.6 is 11.8 Å². The van der Waals surface area contributed by atoms with Crippen LogP contribution in [0.2, 0.25) is 0 Å². The van der Waals surface area contributed by atoms with Gasteiger partial charge in [0.05, 0.1) is 17.8 Å². The van der Waals surface area contributed by atoms with Crippen LogP contribution in [0.15, 0.2) is 27.9 Å². The van der Waals surface area contributed by atoms with Gasteiger partial charge in [-0.2, -0.15) is 0 Å².